The van der Waals surface area contributed by atoms with Gasteiger partial charge in [-0.2, -0.15) is 0 Å². The van der Waals surface area contributed by atoms with E-state index in [1.54, 1.807) is 26.0 Å². The molecule has 0 saturated heterocycles. The van der Waals surface area contributed by atoms with Crippen LogP contribution in [0.25, 0.3) is 11.3 Å². The van der Waals surface area contributed by atoms with Crippen molar-refractivity contribution in [2.45, 2.75) is 31.0 Å². The lowest BCUT2D eigenvalue weighted by atomic mass is 9.77. The molecule has 2 N–H and O–H groups in total. The van der Waals surface area contributed by atoms with Gasteiger partial charge in [-0.05, 0) is 48.7 Å². The van der Waals surface area contributed by atoms with Gasteiger partial charge in [0.15, 0.2) is 0 Å². The van der Waals surface area contributed by atoms with Crippen molar-refractivity contribution in [3.05, 3.63) is 89.9 Å². The maximum absolute atomic E-state index is 13.3. The second kappa shape index (κ2) is 11.0. The highest BCUT2D eigenvalue weighted by Gasteiger charge is 2.62. The number of aliphatic carboxylic acids is 1. The molecular weight excluding hydrogens is 468 g/mol. The molecule has 0 aliphatic rings. The molecule has 3 rings (SSSR count). The fourth-order valence-electron chi connectivity index (χ4n) is 3.97. The number of rotatable bonds is 8. The number of hydrogen-bond acceptors (Lipinski definition) is 5. The fraction of sp³-hybridized carbons (Fsp3) is 0.259. The van der Waals surface area contributed by atoms with Crippen molar-refractivity contribution in [1.82, 2.24) is 4.98 Å². The highest BCUT2D eigenvalue weighted by atomic mass is 31.1. The lowest BCUT2D eigenvalue weighted by molar-refractivity contribution is -0.147. The van der Waals surface area contributed by atoms with Crippen LogP contribution in [0.2, 0.25) is 0 Å². The summed E-state index contributed by atoms with van der Waals surface area (Å²) in [6.07, 6.45) is -0.109. The van der Waals surface area contributed by atoms with E-state index in [0.29, 0.717) is 11.3 Å². The van der Waals surface area contributed by atoms with Crippen molar-refractivity contribution in [3.8, 4) is 23.1 Å². The Morgan fingerprint density at radius 3 is 2.31 bits per heavy atom. The van der Waals surface area contributed by atoms with E-state index in [-0.39, 0.29) is 18.0 Å². The molecule has 0 aliphatic heterocycles. The lowest BCUT2D eigenvalue weighted by Gasteiger charge is -2.40. The maximum Gasteiger partial charge on any atom is 0.335 e. The van der Waals surface area contributed by atoms with Gasteiger partial charge in [-0.15, -0.1) is 0 Å². The standard InChI is InChI=1S/C27H27FNO5P/c1-19(2)18-26(32,24-11-7-10-23(29-24)21-8-5-4-6-9-21)27(25(30)31,35(33)34-3)17-16-20-12-14-22(28)15-13-20/h4-15,19,32,35H,18H2,1-3H3,(H,30,31). The van der Waals surface area contributed by atoms with E-state index in [1.807, 2.05) is 30.3 Å². The zero-order chi connectivity index (χ0) is 25.6. The van der Waals surface area contributed by atoms with Crippen molar-refractivity contribution in [2.75, 3.05) is 7.11 Å². The number of benzene rings is 2. The minimum absolute atomic E-state index is 0.0127. The highest BCUT2D eigenvalue weighted by Crippen LogP contribution is 2.53. The zero-order valence-corrected chi connectivity index (χ0v) is 20.7. The van der Waals surface area contributed by atoms with Crippen molar-refractivity contribution in [2.24, 2.45) is 5.92 Å². The third-order valence-corrected chi connectivity index (χ3v) is 7.35. The quantitative estimate of drug-likeness (QED) is 0.333. The van der Waals surface area contributed by atoms with E-state index in [9.17, 15) is 24.0 Å². The van der Waals surface area contributed by atoms with Crippen molar-refractivity contribution in [3.63, 3.8) is 0 Å². The second-order valence-electron chi connectivity index (χ2n) is 8.54. The number of aliphatic hydroxyl groups is 1. The predicted molar refractivity (Wildman–Crippen MR) is 133 cm³/mol. The van der Waals surface area contributed by atoms with Crippen LogP contribution < -0.4 is 0 Å². The first-order chi connectivity index (χ1) is 16.6. The number of carboxylic acids is 1. The summed E-state index contributed by atoms with van der Waals surface area (Å²) >= 11 is 0. The summed E-state index contributed by atoms with van der Waals surface area (Å²) < 4.78 is 31.8. The Hall–Kier alpha value is -3.30. The van der Waals surface area contributed by atoms with Gasteiger partial charge in [-0.1, -0.05) is 62.1 Å². The van der Waals surface area contributed by atoms with Gasteiger partial charge in [0.1, 0.15) is 11.4 Å². The molecular formula is C27H27FNO5P. The second-order valence-corrected chi connectivity index (χ2v) is 10.3. The third kappa shape index (κ3) is 5.36. The molecule has 0 aliphatic carbocycles. The Labute approximate surface area is 204 Å². The zero-order valence-electron chi connectivity index (χ0n) is 19.7. The normalized spacial score (nSPS) is 15.4. The average molecular weight is 495 g/mol. The molecule has 2 aromatic carbocycles. The van der Waals surface area contributed by atoms with Gasteiger partial charge in [0.05, 0.1) is 11.4 Å². The smallest absolute Gasteiger partial charge is 0.335 e. The van der Waals surface area contributed by atoms with Gasteiger partial charge < -0.3 is 14.7 Å². The minimum atomic E-state index is -3.52. The fourth-order valence-corrected chi connectivity index (χ4v) is 5.18. The Morgan fingerprint density at radius 2 is 1.74 bits per heavy atom. The Balaban J connectivity index is 2.30. The molecule has 0 radical (unpaired) electrons. The maximum atomic E-state index is 13.3. The summed E-state index contributed by atoms with van der Waals surface area (Å²) in [7, 11) is -2.40. The number of pyridine rings is 1. The largest absolute Gasteiger partial charge is 0.480 e. The molecule has 0 saturated carbocycles. The third-order valence-electron chi connectivity index (χ3n) is 5.62. The number of hydrogen-bond donors (Lipinski definition) is 2. The van der Waals surface area contributed by atoms with E-state index in [1.165, 1.54) is 30.3 Å². The van der Waals surface area contributed by atoms with Gasteiger partial charge in [0.25, 0.3) is 0 Å². The monoisotopic (exact) mass is 495 g/mol. The van der Waals surface area contributed by atoms with Crippen LogP contribution in [0.1, 0.15) is 31.5 Å². The number of carbonyl (C=O) groups is 1. The first kappa shape index (κ1) is 26.3. The van der Waals surface area contributed by atoms with Gasteiger partial charge >= 0.3 is 5.97 Å². The number of nitrogens with zero attached hydrogens (tertiary/aromatic N) is 1. The molecule has 35 heavy (non-hydrogen) atoms. The SMILES string of the molecule is CO[PH](=O)C(C#Cc1ccc(F)cc1)(C(=O)O)C(O)(CC(C)C)c1cccc(-c2ccccc2)n1. The molecule has 3 unspecified atom stereocenters. The molecule has 3 aromatic rings. The molecule has 3 atom stereocenters. The van der Waals surface area contributed by atoms with Crippen LogP contribution in [0, 0.1) is 23.6 Å². The lowest BCUT2D eigenvalue weighted by Crippen LogP contribution is -2.55. The molecule has 6 nitrogen and oxygen atoms in total. The van der Waals surface area contributed by atoms with Crippen molar-refractivity contribution >= 4 is 14.0 Å². The topological polar surface area (TPSA) is 96.7 Å². The van der Waals surface area contributed by atoms with Crippen LogP contribution >= 0.6 is 8.03 Å². The Morgan fingerprint density at radius 1 is 1.09 bits per heavy atom. The van der Waals surface area contributed by atoms with Gasteiger partial charge in [0, 0.05) is 18.2 Å². The first-order valence-corrected chi connectivity index (χ1v) is 12.3. The summed E-state index contributed by atoms with van der Waals surface area (Å²) in [5, 5.41) is 20.1. The van der Waals surface area contributed by atoms with Gasteiger partial charge in [-0.25, -0.2) is 14.2 Å². The summed E-state index contributed by atoms with van der Waals surface area (Å²) in [4.78, 5) is 17.4. The molecule has 0 spiro atoms. The Kier molecular flexibility index (Phi) is 8.24. The molecule has 1 aromatic heterocycles. The van der Waals surface area contributed by atoms with Crippen molar-refractivity contribution < 1.29 is 28.5 Å². The van der Waals surface area contributed by atoms with E-state index >= 15 is 0 Å². The van der Waals surface area contributed by atoms with Crippen LogP contribution in [0.3, 0.4) is 0 Å². The van der Waals surface area contributed by atoms with E-state index < -0.39 is 30.6 Å². The summed E-state index contributed by atoms with van der Waals surface area (Å²) in [6.45, 7) is 3.60. The van der Waals surface area contributed by atoms with E-state index in [0.717, 1.165) is 12.7 Å². The first-order valence-electron chi connectivity index (χ1n) is 11.0. The molecule has 182 valence electrons. The van der Waals surface area contributed by atoms with E-state index in [2.05, 4.69) is 16.8 Å². The van der Waals surface area contributed by atoms with E-state index in [4.69, 9.17) is 4.52 Å². The summed E-state index contributed by atoms with van der Waals surface area (Å²) in [6, 6.07) is 19.2. The van der Waals surface area contributed by atoms with Crippen LogP contribution in [0.5, 0.6) is 0 Å². The molecule has 8 heteroatoms. The molecule has 0 fully saturated rings. The van der Waals surface area contributed by atoms with Gasteiger partial charge in [0.2, 0.25) is 13.2 Å². The highest BCUT2D eigenvalue weighted by molar-refractivity contribution is 7.43. The number of aromatic nitrogens is 1. The number of carboxylic acid groups (broad SMARTS) is 1. The van der Waals surface area contributed by atoms with Gasteiger partial charge in [-0.3, -0.25) is 4.57 Å². The molecule has 0 bridgehead atoms. The summed E-state index contributed by atoms with van der Waals surface area (Å²) in [5.74, 6) is 2.92. The van der Waals surface area contributed by atoms with Crippen LogP contribution in [0.4, 0.5) is 4.39 Å². The van der Waals surface area contributed by atoms with Crippen LogP contribution in [-0.2, 0) is 19.5 Å². The summed E-state index contributed by atoms with van der Waals surface area (Å²) in [5.41, 5.74) is -0.705. The van der Waals surface area contributed by atoms with Crippen LogP contribution in [0.15, 0.2) is 72.8 Å². The predicted octanol–water partition coefficient (Wildman–Crippen LogP) is 5.12. The van der Waals surface area contributed by atoms with Crippen LogP contribution in [-0.4, -0.2) is 33.4 Å². The average Bonchev–Trinajstić information content (AvgIpc) is 2.85. The Bertz CT molecular complexity index is 1270. The molecule has 1 heterocycles. The molecule has 0 amide bonds. The number of halogens is 1. The minimum Gasteiger partial charge on any atom is -0.480 e. The van der Waals surface area contributed by atoms with Crippen molar-refractivity contribution in [1.29, 1.82) is 0 Å².